The van der Waals surface area contributed by atoms with Crippen LogP contribution < -0.4 is 0 Å². The molecule has 2 aliphatic rings. The summed E-state index contributed by atoms with van der Waals surface area (Å²) in [7, 11) is 0. The van der Waals surface area contributed by atoms with Gasteiger partial charge in [-0.15, -0.1) is 11.4 Å². The molecule has 0 bridgehead atoms. The summed E-state index contributed by atoms with van der Waals surface area (Å²) in [5.41, 5.74) is 1.67. The minimum Gasteiger partial charge on any atom is -0.396 e. The molecule has 0 heterocycles. The molecule has 0 amide bonds. The van der Waals surface area contributed by atoms with E-state index < -0.39 is 5.24 Å². The fourth-order valence-corrected chi connectivity index (χ4v) is 12.7. The third-order valence-electron chi connectivity index (χ3n) is 4.55. The highest BCUT2D eigenvalue weighted by Crippen LogP contribution is 2.71. The van der Waals surface area contributed by atoms with Crippen LogP contribution in [-0.2, 0) is 11.8 Å². The molecule has 2 saturated carbocycles. The van der Waals surface area contributed by atoms with Crippen molar-refractivity contribution in [2.75, 3.05) is 12.4 Å². The molecule has 0 spiro atoms. The molecule has 4 heteroatoms. The van der Waals surface area contributed by atoms with E-state index in [9.17, 15) is 5.11 Å². The van der Waals surface area contributed by atoms with Gasteiger partial charge < -0.3 is 5.11 Å². The second-order valence-electron chi connectivity index (χ2n) is 5.79. The molecule has 2 rings (SSSR count). The van der Waals surface area contributed by atoms with Gasteiger partial charge in [-0.05, 0) is 37.0 Å². The number of rotatable bonds is 5. The molecule has 0 aromatic heterocycles. The highest BCUT2D eigenvalue weighted by molar-refractivity contribution is 8.71. The Kier molecular flexibility index (Phi) is 6.54. The van der Waals surface area contributed by atoms with Crippen molar-refractivity contribution in [1.82, 2.24) is 0 Å². The molecule has 0 radical (unpaired) electrons. The van der Waals surface area contributed by atoms with E-state index >= 15 is 0 Å². The normalized spacial score (nSPS) is 24.3. The predicted octanol–water partition coefficient (Wildman–Crippen LogP) is 4.77. The van der Waals surface area contributed by atoms with Crippen LogP contribution in [0.3, 0.4) is 0 Å². The Morgan fingerprint density at radius 3 is 1.72 bits per heavy atom. The van der Waals surface area contributed by atoms with Crippen LogP contribution in [0.25, 0.3) is 0 Å². The van der Waals surface area contributed by atoms with Crippen LogP contribution in [0.1, 0.15) is 64.2 Å². The van der Waals surface area contributed by atoms with Gasteiger partial charge in [-0.1, -0.05) is 50.3 Å². The Morgan fingerprint density at radius 2 is 1.33 bits per heavy atom. The second kappa shape index (κ2) is 7.67. The maximum absolute atomic E-state index is 9.18. The van der Waals surface area contributed by atoms with Gasteiger partial charge in [0, 0.05) is 11.0 Å². The Bertz CT molecular complexity index is 262. The Morgan fingerprint density at radius 1 is 0.889 bits per heavy atom. The average molecular weight is 306 g/mol. The molecule has 0 atom stereocenters. The lowest BCUT2D eigenvalue weighted by Crippen LogP contribution is -2.22. The highest BCUT2D eigenvalue weighted by Gasteiger charge is 2.37. The van der Waals surface area contributed by atoms with E-state index in [1.54, 1.807) is 0 Å². The second-order valence-corrected chi connectivity index (χ2v) is 14.3. The molecule has 1 nitrogen and oxygen atoms in total. The van der Waals surface area contributed by atoms with Gasteiger partial charge in [-0.3, -0.25) is 0 Å². The van der Waals surface area contributed by atoms with Gasteiger partial charge in [-0.2, -0.15) is 0 Å². The van der Waals surface area contributed by atoms with Crippen LogP contribution in [0.15, 0.2) is 0 Å². The lowest BCUT2D eigenvalue weighted by molar-refractivity contribution is 0.323. The van der Waals surface area contributed by atoms with Crippen LogP contribution in [0, 0.1) is 0 Å². The number of hydrogen-bond acceptors (Lipinski definition) is 3. The first-order chi connectivity index (χ1) is 8.77. The molecule has 0 aliphatic heterocycles. The molecule has 0 unspecified atom stereocenters. The topological polar surface area (TPSA) is 20.2 Å². The molecule has 106 valence electrons. The Hall–Kier alpha value is 0.960. The van der Waals surface area contributed by atoms with E-state index in [2.05, 4.69) is 0 Å². The van der Waals surface area contributed by atoms with Crippen LogP contribution in [0.5, 0.6) is 0 Å². The van der Waals surface area contributed by atoms with Gasteiger partial charge in [-0.25, -0.2) is 0 Å². The Labute approximate surface area is 121 Å². The third-order valence-corrected chi connectivity index (χ3v) is 14.7. The zero-order chi connectivity index (χ0) is 12.8. The van der Waals surface area contributed by atoms with E-state index in [-0.39, 0.29) is 0 Å². The van der Waals surface area contributed by atoms with Crippen molar-refractivity contribution in [3.05, 3.63) is 0 Å². The van der Waals surface area contributed by atoms with Crippen LogP contribution in [0.2, 0.25) is 0 Å². The van der Waals surface area contributed by atoms with Crippen molar-refractivity contribution in [2.24, 2.45) is 0 Å². The highest BCUT2D eigenvalue weighted by atomic mass is 32.9. The van der Waals surface area contributed by atoms with E-state index in [0.717, 1.165) is 17.1 Å². The zero-order valence-corrected chi connectivity index (χ0v) is 13.9. The number of aliphatic hydroxyl groups excluding tert-OH is 1. The largest absolute Gasteiger partial charge is 0.396 e. The minimum absolute atomic E-state index is 0.308. The lowest BCUT2D eigenvalue weighted by atomic mass is 10.00. The summed E-state index contributed by atoms with van der Waals surface area (Å²) in [6.07, 6.45) is 14.0. The summed E-state index contributed by atoms with van der Waals surface area (Å²) < 4.78 is 0. The van der Waals surface area contributed by atoms with E-state index in [0.29, 0.717) is 6.61 Å². The third kappa shape index (κ3) is 3.75. The maximum Gasteiger partial charge on any atom is 0.0525 e. The van der Waals surface area contributed by atoms with Crippen LogP contribution in [0.4, 0.5) is 0 Å². The van der Waals surface area contributed by atoms with Gasteiger partial charge >= 0.3 is 0 Å². The average Bonchev–Trinajstić information content (AvgIpc) is 2.46. The van der Waals surface area contributed by atoms with Crippen molar-refractivity contribution in [1.29, 1.82) is 0 Å². The molecule has 0 saturated heterocycles. The summed E-state index contributed by atoms with van der Waals surface area (Å²) in [5.74, 6) is 0.879. The minimum atomic E-state index is -1.30. The van der Waals surface area contributed by atoms with E-state index in [4.69, 9.17) is 11.8 Å². The molecular weight excluding hydrogens is 279 g/mol. The van der Waals surface area contributed by atoms with Crippen molar-refractivity contribution >= 4 is 28.4 Å². The fraction of sp³-hybridized carbons (Fsp3) is 1.00. The van der Waals surface area contributed by atoms with Gasteiger partial charge in [0.05, 0.1) is 6.61 Å². The molecule has 0 aromatic rings. The smallest absolute Gasteiger partial charge is 0.0525 e. The molecular formula is C14H27OPS2. The monoisotopic (exact) mass is 306 g/mol. The zero-order valence-electron chi connectivity index (χ0n) is 11.4. The van der Waals surface area contributed by atoms with Crippen molar-refractivity contribution in [3.63, 3.8) is 0 Å². The van der Waals surface area contributed by atoms with Gasteiger partial charge in [0.15, 0.2) is 0 Å². The summed E-state index contributed by atoms with van der Waals surface area (Å²) in [6.45, 7) is 0.308. The summed E-state index contributed by atoms with van der Waals surface area (Å²) in [6, 6.07) is 0. The number of aliphatic hydroxyl groups is 1. The standard InChI is InChI=1S/C14H27OPS2/c15-11-12-18-16(17,13-7-3-1-4-8-13)14-9-5-2-6-10-14/h13-15H,1-12H2. The lowest BCUT2D eigenvalue weighted by Gasteiger charge is -2.40. The summed E-state index contributed by atoms with van der Waals surface area (Å²) in [4.78, 5) is 0. The van der Waals surface area contributed by atoms with Gasteiger partial charge in [0.2, 0.25) is 0 Å². The van der Waals surface area contributed by atoms with Crippen molar-refractivity contribution < 1.29 is 5.11 Å². The summed E-state index contributed by atoms with van der Waals surface area (Å²) in [5, 5.41) is 7.88. The number of hydrogen-bond donors (Lipinski definition) is 1. The molecule has 2 fully saturated rings. The molecule has 0 aromatic carbocycles. The molecule has 1 N–H and O–H groups in total. The first-order valence-electron chi connectivity index (χ1n) is 7.62. The van der Waals surface area contributed by atoms with E-state index in [1.807, 2.05) is 11.4 Å². The fourth-order valence-electron chi connectivity index (χ4n) is 3.57. The molecule has 18 heavy (non-hydrogen) atoms. The quantitative estimate of drug-likeness (QED) is 0.739. The first kappa shape index (κ1) is 15.4. The van der Waals surface area contributed by atoms with Crippen molar-refractivity contribution in [2.45, 2.75) is 75.5 Å². The maximum atomic E-state index is 9.18. The van der Waals surface area contributed by atoms with Gasteiger partial charge in [0.1, 0.15) is 0 Å². The predicted molar refractivity (Wildman–Crippen MR) is 87.6 cm³/mol. The van der Waals surface area contributed by atoms with Crippen LogP contribution in [-0.4, -0.2) is 28.8 Å². The van der Waals surface area contributed by atoms with Crippen molar-refractivity contribution in [3.8, 4) is 0 Å². The summed E-state index contributed by atoms with van der Waals surface area (Å²) >= 11 is 8.28. The Balaban J connectivity index is 2.07. The first-order valence-corrected chi connectivity index (χ1v) is 12.2. The van der Waals surface area contributed by atoms with Gasteiger partial charge in [0.25, 0.3) is 0 Å². The molecule has 2 aliphatic carbocycles. The van der Waals surface area contributed by atoms with Crippen LogP contribution >= 0.6 is 16.6 Å². The van der Waals surface area contributed by atoms with E-state index in [1.165, 1.54) is 64.2 Å². The SMILES string of the molecule is OCCSP(=S)(C1CCCCC1)C1CCCCC1.